The average molecular weight is 371 g/mol. The van der Waals surface area contributed by atoms with E-state index in [4.69, 9.17) is 9.47 Å². The van der Waals surface area contributed by atoms with Gasteiger partial charge in [0.1, 0.15) is 16.6 Å². The molecule has 3 aromatic rings. The largest absolute Gasteiger partial charge is 0.467 e. The number of ether oxygens (including phenoxy) is 2. The molecule has 0 saturated carbocycles. The summed E-state index contributed by atoms with van der Waals surface area (Å²) in [4.78, 5) is 12.3. The second-order valence-corrected chi connectivity index (χ2v) is 6.64. The Balaban J connectivity index is 1.48. The van der Waals surface area contributed by atoms with E-state index < -0.39 is 5.82 Å². The summed E-state index contributed by atoms with van der Waals surface area (Å²) in [5.74, 6) is -0.235. The summed E-state index contributed by atoms with van der Waals surface area (Å²) < 4.78 is 24.3. The number of halogens is 1. The van der Waals surface area contributed by atoms with Crippen LogP contribution < -0.4 is 10.1 Å². The van der Waals surface area contributed by atoms with Gasteiger partial charge in [-0.2, -0.15) is 0 Å². The van der Waals surface area contributed by atoms with Crippen molar-refractivity contribution < 1.29 is 18.7 Å². The Kier molecular flexibility index (Phi) is 4.59. The van der Waals surface area contributed by atoms with Gasteiger partial charge in [-0.3, -0.25) is 4.79 Å². The first kappa shape index (κ1) is 16.6. The third-order valence-electron chi connectivity index (χ3n) is 3.79. The number of hydrogen-bond acceptors (Lipinski definition) is 6. The van der Waals surface area contributed by atoms with Crippen LogP contribution in [0.2, 0.25) is 0 Å². The zero-order valence-electron chi connectivity index (χ0n) is 13.6. The fourth-order valence-corrected chi connectivity index (χ4v) is 3.46. The Morgan fingerprint density at radius 1 is 1.23 bits per heavy atom. The number of amides is 1. The van der Waals surface area contributed by atoms with Crippen molar-refractivity contribution in [1.82, 2.24) is 10.2 Å². The number of nitrogens with zero attached hydrogens (tertiary/aromatic N) is 2. The lowest BCUT2D eigenvalue weighted by molar-refractivity contribution is -0.115. The minimum Gasteiger partial charge on any atom is -0.467 e. The monoisotopic (exact) mass is 371 g/mol. The van der Waals surface area contributed by atoms with Crippen molar-refractivity contribution in [2.24, 2.45) is 0 Å². The van der Waals surface area contributed by atoms with E-state index in [1.807, 2.05) is 30.3 Å². The Bertz CT molecular complexity index is 946. The summed E-state index contributed by atoms with van der Waals surface area (Å²) in [6, 6.07) is 12.2. The molecule has 1 aromatic heterocycles. The predicted octanol–water partition coefficient (Wildman–Crippen LogP) is 3.39. The number of fused-ring (bicyclic) bond motifs is 1. The molecular weight excluding hydrogens is 357 g/mol. The highest BCUT2D eigenvalue weighted by molar-refractivity contribution is 7.18. The molecule has 1 aliphatic heterocycles. The molecule has 2 aromatic carbocycles. The quantitative estimate of drug-likeness (QED) is 0.761. The standard InChI is InChI=1S/C18H14FN3O3S/c19-14-6-12(16-13(7-14)9-24-10-25-16)8-15(23)20-18-22-21-17(26-18)11-4-2-1-3-5-11/h1-7H,8-10H2,(H,20,22,23). The molecule has 0 spiro atoms. The van der Waals surface area contributed by atoms with Crippen LogP contribution in [0.1, 0.15) is 11.1 Å². The smallest absolute Gasteiger partial charge is 0.230 e. The second-order valence-electron chi connectivity index (χ2n) is 5.67. The van der Waals surface area contributed by atoms with Crippen LogP contribution in [0, 0.1) is 5.82 Å². The molecule has 0 radical (unpaired) electrons. The zero-order valence-corrected chi connectivity index (χ0v) is 14.4. The molecule has 26 heavy (non-hydrogen) atoms. The van der Waals surface area contributed by atoms with Crippen molar-refractivity contribution in [2.45, 2.75) is 13.0 Å². The highest BCUT2D eigenvalue weighted by Gasteiger charge is 2.19. The van der Waals surface area contributed by atoms with Crippen LogP contribution in [0.5, 0.6) is 5.75 Å². The minimum atomic E-state index is -0.428. The maximum atomic E-state index is 13.8. The number of hydrogen-bond donors (Lipinski definition) is 1. The molecule has 0 fully saturated rings. The van der Waals surface area contributed by atoms with Gasteiger partial charge in [0, 0.05) is 16.7 Å². The summed E-state index contributed by atoms with van der Waals surface area (Å²) >= 11 is 1.28. The first-order chi connectivity index (χ1) is 12.7. The fraction of sp³-hybridized carbons (Fsp3) is 0.167. The third-order valence-corrected chi connectivity index (χ3v) is 4.68. The molecule has 0 atom stereocenters. The van der Waals surface area contributed by atoms with Gasteiger partial charge in [-0.1, -0.05) is 41.7 Å². The van der Waals surface area contributed by atoms with E-state index in [1.165, 1.54) is 23.5 Å². The van der Waals surface area contributed by atoms with Crippen molar-refractivity contribution >= 4 is 22.4 Å². The van der Waals surface area contributed by atoms with Crippen LogP contribution in [-0.4, -0.2) is 22.9 Å². The van der Waals surface area contributed by atoms with Gasteiger partial charge < -0.3 is 14.8 Å². The summed E-state index contributed by atoms with van der Waals surface area (Å²) in [5, 5.41) is 11.9. The Morgan fingerprint density at radius 2 is 2.08 bits per heavy atom. The van der Waals surface area contributed by atoms with E-state index in [0.717, 1.165) is 5.56 Å². The lowest BCUT2D eigenvalue weighted by Crippen LogP contribution is -2.18. The molecule has 0 aliphatic carbocycles. The molecule has 0 saturated heterocycles. The molecule has 2 heterocycles. The van der Waals surface area contributed by atoms with Crippen LogP contribution in [0.15, 0.2) is 42.5 Å². The zero-order chi connectivity index (χ0) is 17.9. The van der Waals surface area contributed by atoms with E-state index in [1.54, 1.807) is 0 Å². The van der Waals surface area contributed by atoms with Gasteiger partial charge >= 0.3 is 0 Å². The highest BCUT2D eigenvalue weighted by atomic mass is 32.1. The SMILES string of the molecule is O=C(Cc1cc(F)cc2c1OCOC2)Nc1nnc(-c2ccccc2)s1. The molecule has 0 bridgehead atoms. The van der Waals surface area contributed by atoms with Crippen LogP contribution in [0.4, 0.5) is 9.52 Å². The Morgan fingerprint density at radius 3 is 2.92 bits per heavy atom. The van der Waals surface area contributed by atoms with Crippen molar-refractivity contribution in [2.75, 3.05) is 12.1 Å². The van der Waals surface area contributed by atoms with Gasteiger partial charge in [0.05, 0.1) is 13.0 Å². The van der Waals surface area contributed by atoms with E-state index in [2.05, 4.69) is 15.5 Å². The average Bonchev–Trinajstić information content (AvgIpc) is 3.10. The number of aromatic nitrogens is 2. The van der Waals surface area contributed by atoms with Gasteiger partial charge in [-0.15, -0.1) is 10.2 Å². The van der Waals surface area contributed by atoms with Gasteiger partial charge in [-0.25, -0.2) is 4.39 Å². The van der Waals surface area contributed by atoms with Crippen molar-refractivity contribution in [3.63, 3.8) is 0 Å². The molecule has 1 aliphatic rings. The number of rotatable bonds is 4. The third kappa shape index (κ3) is 3.56. The van der Waals surface area contributed by atoms with E-state index in [9.17, 15) is 9.18 Å². The fourth-order valence-electron chi connectivity index (χ4n) is 2.70. The van der Waals surface area contributed by atoms with Gasteiger partial charge in [-0.05, 0) is 12.1 Å². The van der Waals surface area contributed by atoms with Crippen LogP contribution in [0.3, 0.4) is 0 Å². The van der Waals surface area contributed by atoms with Crippen molar-refractivity contribution in [3.8, 4) is 16.3 Å². The Hall–Kier alpha value is -2.84. The minimum absolute atomic E-state index is 0.0274. The highest BCUT2D eigenvalue weighted by Crippen LogP contribution is 2.30. The maximum Gasteiger partial charge on any atom is 0.230 e. The predicted molar refractivity (Wildman–Crippen MR) is 94.4 cm³/mol. The van der Waals surface area contributed by atoms with Crippen LogP contribution in [0.25, 0.3) is 10.6 Å². The molecule has 1 amide bonds. The molecule has 1 N–H and O–H groups in total. The van der Waals surface area contributed by atoms with Crippen molar-refractivity contribution in [1.29, 1.82) is 0 Å². The van der Waals surface area contributed by atoms with Crippen LogP contribution >= 0.6 is 11.3 Å². The Labute approximate surface area is 152 Å². The molecule has 6 nitrogen and oxygen atoms in total. The second kappa shape index (κ2) is 7.19. The first-order valence-electron chi connectivity index (χ1n) is 7.89. The lowest BCUT2D eigenvalue weighted by Gasteiger charge is -2.20. The molecule has 132 valence electrons. The normalized spacial score (nSPS) is 13.0. The topological polar surface area (TPSA) is 73.3 Å². The molecule has 0 unspecified atom stereocenters. The summed E-state index contributed by atoms with van der Waals surface area (Å²) in [5.41, 5.74) is 2.01. The van der Waals surface area contributed by atoms with Crippen LogP contribution in [-0.2, 0) is 22.6 Å². The number of anilines is 1. The summed E-state index contributed by atoms with van der Waals surface area (Å²) in [6.07, 6.45) is -0.0274. The molecular formula is C18H14FN3O3S. The summed E-state index contributed by atoms with van der Waals surface area (Å²) in [7, 11) is 0. The van der Waals surface area contributed by atoms with Gasteiger partial charge in [0.25, 0.3) is 0 Å². The van der Waals surface area contributed by atoms with Gasteiger partial charge in [0.15, 0.2) is 6.79 Å². The van der Waals surface area contributed by atoms with E-state index in [-0.39, 0.29) is 25.7 Å². The number of benzene rings is 2. The number of nitrogens with one attached hydrogen (secondary N) is 1. The van der Waals surface area contributed by atoms with Gasteiger partial charge in [0.2, 0.25) is 11.0 Å². The summed E-state index contributed by atoms with van der Waals surface area (Å²) in [6.45, 7) is 0.350. The lowest BCUT2D eigenvalue weighted by atomic mass is 10.1. The van der Waals surface area contributed by atoms with E-state index >= 15 is 0 Å². The molecule has 8 heteroatoms. The molecule has 4 rings (SSSR count). The van der Waals surface area contributed by atoms with E-state index in [0.29, 0.717) is 27.0 Å². The number of carbonyl (C=O) groups is 1. The first-order valence-corrected chi connectivity index (χ1v) is 8.71. The maximum absolute atomic E-state index is 13.8. The van der Waals surface area contributed by atoms with Crippen molar-refractivity contribution in [3.05, 3.63) is 59.4 Å². The number of carbonyl (C=O) groups excluding carboxylic acids is 1.